The van der Waals surface area contributed by atoms with Gasteiger partial charge in [-0.25, -0.2) is 0 Å². The molecule has 0 saturated heterocycles. The monoisotopic (exact) mass is 170 g/mol. The van der Waals surface area contributed by atoms with Crippen LogP contribution in [-0.2, 0) is 0 Å². The van der Waals surface area contributed by atoms with Crippen molar-refractivity contribution in [3.63, 3.8) is 0 Å². The van der Waals surface area contributed by atoms with Crippen molar-refractivity contribution in [2.45, 2.75) is 18.9 Å². The van der Waals surface area contributed by atoms with Crippen LogP contribution in [0.1, 0.15) is 12.8 Å². The molecule has 0 bridgehead atoms. The van der Waals surface area contributed by atoms with Crippen LogP contribution in [0.3, 0.4) is 0 Å². The molecule has 2 rings (SSSR count). The molecular formula is C9H11ClO. The zero-order valence-electron chi connectivity index (χ0n) is 6.20. The first kappa shape index (κ1) is 8.57. The molecule has 1 aliphatic carbocycles. The van der Waals surface area contributed by atoms with Gasteiger partial charge >= 0.3 is 0 Å². The third kappa shape index (κ3) is 4.82. The maximum Gasteiger partial charge on any atom is 0.0542 e. The summed E-state index contributed by atoms with van der Waals surface area (Å²) in [5, 5.41) is 8.96. The average Bonchev–Trinajstić information content (AvgIpc) is 2.75. The van der Waals surface area contributed by atoms with E-state index in [0.717, 1.165) is 17.9 Å². The molecule has 11 heavy (non-hydrogen) atoms. The largest absolute Gasteiger partial charge is 0.393 e. The average molecular weight is 171 g/mol. The van der Waals surface area contributed by atoms with E-state index in [0.29, 0.717) is 0 Å². The first-order valence-electron chi connectivity index (χ1n) is 3.67. The van der Waals surface area contributed by atoms with Gasteiger partial charge in [0.05, 0.1) is 6.10 Å². The van der Waals surface area contributed by atoms with Gasteiger partial charge in [0.25, 0.3) is 0 Å². The lowest BCUT2D eigenvalue weighted by Gasteiger charge is -1.80. The summed E-state index contributed by atoms with van der Waals surface area (Å²) in [6.07, 6.45) is 2.17. The maximum absolute atomic E-state index is 8.17. The van der Waals surface area contributed by atoms with Crippen molar-refractivity contribution in [2.75, 3.05) is 0 Å². The molecule has 0 radical (unpaired) electrons. The van der Waals surface area contributed by atoms with Crippen molar-refractivity contribution >= 4 is 11.6 Å². The fourth-order valence-electron chi connectivity index (χ4n) is 0.489. The molecule has 1 N–H and O–H groups in total. The number of aliphatic hydroxyl groups is 1. The van der Waals surface area contributed by atoms with Crippen LogP contribution in [0.4, 0.5) is 0 Å². The Morgan fingerprint density at radius 3 is 1.82 bits per heavy atom. The van der Waals surface area contributed by atoms with E-state index in [-0.39, 0.29) is 6.10 Å². The van der Waals surface area contributed by atoms with Gasteiger partial charge in [0.2, 0.25) is 0 Å². The zero-order valence-corrected chi connectivity index (χ0v) is 6.96. The Labute approximate surface area is 71.6 Å². The van der Waals surface area contributed by atoms with Crippen molar-refractivity contribution in [1.29, 1.82) is 0 Å². The second-order valence-electron chi connectivity index (χ2n) is 2.53. The highest BCUT2D eigenvalue weighted by molar-refractivity contribution is 6.30. The quantitative estimate of drug-likeness (QED) is 0.635. The van der Waals surface area contributed by atoms with Crippen LogP contribution >= 0.6 is 11.6 Å². The molecule has 1 aromatic carbocycles. The van der Waals surface area contributed by atoms with Crippen LogP contribution in [0.5, 0.6) is 0 Å². The van der Waals surface area contributed by atoms with Crippen LogP contribution < -0.4 is 0 Å². The molecular weight excluding hydrogens is 160 g/mol. The van der Waals surface area contributed by atoms with Crippen LogP contribution in [0.25, 0.3) is 0 Å². The minimum absolute atomic E-state index is 0.0833. The smallest absolute Gasteiger partial charge is 0.0542 e. The summed E-state index contributed by atoms with van der Waals surface area (Å²) in [5.74, 6) is 0. The molecule has 1 nitrogen and oxygen atoms in total. The molecule has 0 spiro atoms. The highest BCUT2D eigenvalue weighted by atomic mass is 35.5. The Balaban J connectivity index is 0.000000128. The summed E-state index contributed by atoms with van der Waals surface area (Å²) in [7, 11) is 0. The molecule has 0 amide bonds. The number of halogens is 1. The summed E-state index contributed by atoms with van der Waals surface area (Å²) in [5.41, 5.74) is 0. The lowest BCUT2D eigenvalue weighted by atomic mass is 10.4. The third-order valence-electron chi connectivity index (χ3n) is 1.28. The number of hydrogen-bond acceptors (Lipinski definition) is 1. The van der Waals surface area contributed by atoms with Gasteiger partial charge in [0.15, 0.2) is 0 Å². The molecule has 60 valence electrons. The number of benzene rings is 1. The summed E-state index contributed by atoms with van der Waals surface area (Å²) >= 11 is 5.54. The van der Waals surface area contributed by atoms with E-state index < -0.39 is 0 Å². The summed E-state index contributed by atoms with van der Waals surface area (Å²) in [4.78, 5) is 0. The minimum Gasteiger partial charge on any atom is -0.393 e. The van der Waals surface area contributed by atoms with Crippen molar-refractivity contribution in [2.24, 2.45) is 0 Å². The molecule has 0 heterocycles. The zero-order chi connectivity index (χ0) is 8.10. The van der Waals surface area contributed by atoms with E-state index in [2.05, 4.69) is 0 Å². The number of hydrogen-bond donors (Lipinski definition) is 1. The third-order valence-corrected chi connectivity index (χ3v) is 1.53. The van der Waals surface area contributed by atoms with Crippen molar-refractivity contribution in [3.05, 3.63) is 35.4 Å². The maximum atomic E-state index is 8.17. The van der Waals surface area contributed by atoms with E-state index in [1.54, 1.807) is 0 Å². The van der Waals surface area contributed by atoms with Crippen LogP contribution in [0.15, 0.2) is 30.3 Å². The van der Waals surface area contributed by atoms with Crippen molar-refractivity contribution < 1.29 is 5.11 Å². The predicted molar refractivity (Wildman–Crippen MR) is 46.7 cm³/mol. The second kappa shape index (κ2) is 4.37. The van der Waals surface area contributed by atoms with E-state index in [1.165, 1.54) is 0 Å². The molecule has 0 unspecified atom stereocenters. The van der Waals surface area contributed by atoms with Gasteiger partial charge in [-0.3, -0.25) is 0 Å². The van der Waals surface area contributed by atoms with E-state index in [1.807, 2.05) is 30.3 Å². The molecule has 1 aromatic rings. The normalized spacial score (nSPS) is 15.1. The Morgan fingerprint density at radius 1 is 1.18 bits per heavy atom. The van der Waals surface area contributed by atoms with Gasteiger partial charge in [-0.2, -0.15) is 0 Å². The van der Waals surface area contributed by atoms with E-state index in [4.69, 9.17) is 16.7 Å². The molecule has 0 atom stereocenters. The molecule has 1 aliphatic rings. The Hall–Kier alpha value is -0.530. The van der Waals surface area contributed by atoms with Gasteiger partial charge < -0.3 is 5.11 Å². The Kier molecular flexibility index (Phi) is 3.40. The highest BCUT2D eigenvalue weighted by Gasteiger charge is 2.15. The van der Waals surface area contributed by atoms with Gasteiger partial charge in [-0.15, -0.1) is 0 Å². The minimum atomic E-state index is 0.0833. The lowest BCUT2D eigenvalue weighted by Crippen LogP contribution is -1.65. The van der Waals surface area contributed by atoms with E-state index in [9.17, 15) is 0 Å². The topological polar surface area (TPSA) is 20.2 Å². The van der Waals surface area contributed by atoms with Crippen molar-refractivity contribution in [1.82, 2.24) is 0 Å². The lowest BCUT2D eigenvalue weighted by molar-refractivity contribution is 0.279. The molecule has 1 saturated carbocycles. The SMILES string of the molecule is Clc1ccccc1.OC1CC1. The molecule has 2 heteroatoms. The molecule has 0 aliphatic heterocycles. The summed E-state index contributed by atoms with van der Waals surface area (Å²) in [6, 6.07) is 9.44. The van der Waals surface area contributed by atoms with Gasteiger partial charge in [-0.1, -0.05) is 29.8 Å². The Morgan fingerprint density at radius 2 is 1.64 bits per heavy atom. The first-order chi connectivity index (χ1) is 5.29. The van der Waals surface area contributed by atoms with Gasteiger partial charge in [0.1, 0.15) is 0 Å². The second-order valence-corrected chi connectivity index (χ2v) is 2.96. The standard InChI is InChI=1S/C6H5Cl.C3H6O/c7-6-4-2-1-3-5-6;4-3-1-2-3/h1-5H;3-4H,1-2H2. The Bertz CT molecular complexity index is 194. The fourth-order valence-corrected chi connectivity index (χ4v) is 0.635. The van der Waals surface area contributed by atoms with Gasteiger partial charge in [-0.05, 0) is 25.0 Å². The highest BCUT2D eigenvalue weighted by Crippen LogP contribution is 2.16. The van der Waals surface area contributed by atoms with Crippen LogP contribution in [0, 0.1) is 0 Å². The number of aliphatic hydroxyl groups excluding tert-OH is 1. The summed E-state index contributed by atoms with van der Waals surface area (Å²) < 4.78 is 0. The summed E-state index contributed by atoms with van der Waals surface area (Å²) in [6.45, 7) is 0. The van der Waals surface area contributed by atoms with Gasteiger partial charge in [0, 0.05) is 5.02 Å². The van der Waals surface area contributed by atoms with Crippen molar-refractivity contribution in [3.8, 4) is 0 Å². The molecule has 0 aromatic heterocycles. The fraction of sp³-hybridized carbons (Fsp3) is 0.333. The number of rotatable bonds is 0. The first-order valence-corrected chi connectivity index (χ1v) is 4.05. The van der Waals surface area contributed by atoms with Crippen LogP contribution in [-0.4, -0.2) is 11.2 Å². The molecule has 1 fully saturated rings. The van der Waals surface area contributed by atoms with E-state index >= 15 is 0 Å². The predicted octanol–water partition coefficient (Wildman–Crippen LogP) is 2.48. The van der Waals surface area contributed by atoms with Crippen LogP contribution in [0.2, 0.25) is 5.02 Å².